The van der Waals surface area contributed by atoms with Gasteiger partial charge in [0.15, 0.2) is 0 Å². The zero-order chi connectivity index (χ0) is 7.56. The summed E-state index contributed by atoms with van der Waals surface area (Å²) in [5, 5.41) is 0. The van der Waals surface area contributed by atoms with Crippen LogP contribution in [0, 0.1) is 6.92 Å². The second-order valence-corrected chi connectivity index (χ2v) is 2.27. The lowest BCUT2D eigenvalue weighted by Crippen LogP contribution is -2.08. The molecular weight excluding hydrogens is 126 g/mol. The first-order valence-electron chi connectivity index (χ1n) is 3.43. The molecule has 0 saturated carbocycles. The Labute approximate surface area is 60.5 Å². The third kappa shape index (κ3) is 1.10. The third-order valence-electron chi connectivity index (χ3n) is 1.52. The van der Waals surface area contributed by atoms with Crippen molar-refractivity contribution in [3.63, 3.8) is 0 Å². The van der Waals surface area contributed by atoms with E-state index in [9.17, 15) is 4.79 Å². The van der Waals surface area contributed by atoms with Gasteiger partial charge in [-0.3, -0.25) is 9.36 Å². The molecule has 0 aliphatic carbocycles. The standard InChI is InChI=1S/C8H11NO/c1-3-8(10)9-6-4-5-7(9)2/h4-6H,3H2,1-2H3. The molecule has 2 nitrogen and oxygen atoms in total. The van der Waals surface area contributed by atoms with E-state index in [2.05, 4.69) is 0 Å². The summed E-state index contributed by atoms with van der Waals surface area (Å²) in [7, 11) is 0. The van der Waals surface area contributed by atoms with Crippen molar-refractivity contribution in [3.8, 4) is 0 Å². The summed E-state index contributed by atoms with van der Waals surface area (Å²) < 4.78 is 1.67. The van der Waals surface area contributed by atoms with Crippen LogP contribution in [0.5, 0.6) is 0 Å². The fourth-order valence-corrected chi connectivity index (χ4v) is 0.916. The molecule has 1 aromatic rings. The van der Waals surface area contributed by atoms with Crippen molar-refractivity contribution in [1.29, 1.82) is 0 Å². The number of carbonyl (C=O) groups excluding carboxylic acids is 1. The van der Waals surface area contributed by atoms with Gasteiger partial charge in [-0.15, -0.1) is 0 Å². The van der Waals surface area contributed by atoms with Crippen LogP contribution in [0.2, 0.25) is 0 Å². The summed E-state index contributed by atoms with van der Waals surface area (Å²) in [6, 6.07) is 3.80. The summed E-state index contributed by atoms with van der Waals surface area (Å²) in [6.45, 7) is 3.79. The Kier molecular flexibility index (Phi) is 1.90. The number of aryl methyl sites for hydroxylation is 1. The van der Waals surface area contributed by atoms with Crippen molar-refractivity contribution in [2.75, 3.05) is 0 Å². The fourth-order valence-electron chi connectivity index (χ4n) is 0.916. The number of nitrogens with zero attached hydrogens (tertiary/aromatic N) is 1. The molecule has 54 valence electrons. The highest BCUT2D eigenvalue weighted by molar-refractivity contribution is 5.79. The molecule has 0 radical (unpaired) electrons. The minimum atomic E-state index is 0.155. The maximum atomic E-state index is 11.1. The van der Waals surface area contributed by atoms with E-state index in [0.717, 1.165) is 5.69 Å². The topological polar surface area (TPSA) is 22.0 Å². The average Bonchev–Trinajstić information content (AvgIpc) is 2.34. The minimum Gasteiger partial charge on any atom is -0.292 e. The summed E-state index contributed by atoms with van der Waals surface area (Å²) in [5.74, 6) is 0.155. The highest BCUT2D eigenvalue weighted by atomic mass is 16.1. The molecule has 2 heteroatoms. The molecule has 0 bridgehead atoms. The van der Waals surface area contributed by atoms with Gasteiger partial charge in [0.25, 0.3) is 0 Å². The van der Waals surface area contributed by atoms with Gasteiger partial charge in [0.05, 0.1) is 0 Å². The quantitative estimate of drug-likeness (QED) is 0.579. The van der Waals surface area contributed by atoms with Crippen LogP contribution in [-0.4, -0.2) is 10.5 Å². The largest absolute Gasteiger partial charge is 0.292 e. The average molecular weight is 137 g/mol. The maximum absolute atomic E-state index is 11.1. The third-order valence-corrected chi connectivity index (χ3v) is 1.52. The van der Waals surface area contributed by atoms with E-state index in [1.54, 1.807) is 10.8 Å². The molecule has 0 N–H and O–H groups in total. The van der Waals surface area contributed by atoms with Gasteiger partial charge < -0.3 is 0 Å². The zero-order valence-corrected chi connectivity index (χ0v) is 6.29. The summed E-state index contributed by atoms with van der Waals surface area (Å²) in [6.07, 6.45) is 2.36. The minimum absolute atomic E-state index is 0.155. The predicted molar refractivity (Wildman–Crippen MR) is 40.1 cm³/mol. The van der Waals surface area contributed by atoms with Crippen molar-refractivity contribution >= 4 is 5.91 Å². The van der Waals surface area contributed by atoms with Crippen LogP contribution in [0.4, 0.5) is 0 Å². The van der Waals surface area contributed by atoms with Crippen LogP contribution in [0.1, 0.15) is 23.8 Å². The van der Waals surface area contributed by atoms with E-state index in [1.165, 1.54) is 0 Å². The van der Waals surface area contributed by atoms with Crippen LogP contribution < -0.4 is 0 Å². The van der Waals surface area contributed by atoms with E-state index >= 15 is 0 Å². The lowest BCUT2D eigenvalue weighted by molar-refractivity contribution is 0.0907. The first-order chi connectivity index (χ1) is 4.75. The molecule has 0 saturated heterocycles. The molecule has 1 heterocycles. The maximum Gasteiger partial charge on any atom is 0.230 e. The van der Waals surface area contributed by atoms with Crippen molar-refractivity contribution in [2.45, 2.75) is 20.3 Å². The smallest absolute Gasteiger partial charge is 0.230 e. The Hall–Kier alpha value is -1.05. The Bertz CT molecular complexity index is 237. The fraction of sp³-hybridized carbons (Fsp3) is 0.375. The van der Waals surface area contributed by atoms with Crippen molar-refractivity contribution in [1.82, 2.24) is 4.57 Å². The monoisotopic (exact) mass is 137 g/mol. The first-order valence-corrected chi connectivity index (χ1v) is 3.43. The van der Waals surface area contributed by atoms with Crippen LogP contribution in [0.25, 0.3) is 0 Å². The van der Waals surface area contributed by atoms with E-state index < -0.39 is 0 Å². The van der Waals surface area contributed by atoms with Crippen molar-refractivity contribution < 1.29 is 4.79 Å². The molecule has 1 aromatic heterocycles. The van der Waals surface area contributed by atoms with Gasteiger partial charge in [-0.1, -0.05) is 6.92 Å². The lowest BCUT2D eigenvalue weighted by atomic mass is 10.4. The Morgan fingerprint density at radius 2 is 2.40 bits per heavy atom. The molecule has 0 spiro atoms. The van der Waals surface area contributed by atoms with Gasteiger partial charge in [0, 0.05) is 18.3 Å². The number of carbonyl (C=O) groups is 1. The first kappa shape index (κ1) is 7.06. The second kappa shape index (κ2) is 2.69. The highest BCUT2D eigenvalue weighted by Crippen LogP contribution is 2.00. The molecule has 0 aliphatic rings. The summed E-state index contributed by atoms with van der Waals surface area (Å²) in [4.78, 5) is 11.1. The van der Waals surface area contributed by atoms with Crippen LogP contribution in [-0.2, 0) is 0 Å². The number of aromatic nitrogens is 1. The van der Waals surface area contributed by atoms with Crippen LogP contribution in [0.3, 0.4) is 0 Å². The molecule has 0 aromatic carbocycles. The Balaban J connectivity index is 2.93. The molecule has 1 rings (SSSR count). The SMILES string of the molecule is CCC(=O)n1cccc1C. The van der Waals surface area contributed by atoms with Gasteiger partial charge >= 0.3 is 0 Å². The van der Waals surface area contributed by atoms with Gasteiger partial charge in [0.2, 0.25) is 5.91 Å². The molecule has 0 unspecified atom stereocenters. The highest BCUT2D eigenvalue weighted by Gasteiger charge is 2.01. The van der Waals surface area contributed by atoms with Crippen molar-refractivity contribution in [2.24, 2.45) is 0 Å². The van der Waals surface area contributed by atoms with Gasteiger partial charge in [-0.2, -0.15) is 0 Å². The van der Waals surface area contributed by atoms with Gasteiger partial charge in [-0.25, -0.2) is 0 Å². The molecule has 0 atom stereocenters. The molecular formula is C8H11NO. The Morgan fingerprint density at radius 3 is 2.80 bits per heavy atom. The van der Waals surface area contributed by atoms with E-state index in [0.29, 0.717) is 6.42 Å². The number of hydrogen-bond donors (Lipinski definition) is 0. The van der Waals surface area contributed by atoms with Crippen LogP contribution >= 0.6 is 0 Å². The van der Waals surface area contributed by atoms with E-state index in [1.807, 2.05) is 26.0 Å². The molecule has 0 aliphatic heterocycles. The van der Waals surface area contributed by atoms with E-state index in [-0.39, 0.29) is 5.91 Å². The molecule has 0 amide bonds. The van der Waals surface area contributed by atoms with Gasteiger partial charge in [-0.05, 0) is 19.1 Å². The number of rotatable bonds is 1. The Morgan fingerprint density at radius 1 is 1.70 bits per heavy atom. The van der Waals surface area contributed by atoms with Crippen LogP contribution in [0.15, 0.2) is 18.3 Å². The lowest BCUT2D eigenvalue weighted by Gasteiger charge is -1.99. The van der Waals surface area contributed by atoms with Gasteiger partial charge in [0.1, 0.15) is 0 Å². The number of hydrogen-bond acceptors (Lipinski definition) is 1. The second-order valence-electron chi connectivity index (χ2n) is 2.27. The molecule has 10 heavy (non-hydrogen) atoms. The zero-order valence-electron chi connectivity index (χ0n) is 6.29. The summed E-state index contributed by atoms with van der Waals surface area (Å²) >= 11 is 0. The van der Waals surface area contributed by atoms with E-state index in [4.69, 9.17) is 0 Å². The predicted octanol–water partition coefficient (Wildman–Crippen LogP) is 1.85. The molecule has 0 fully saturated rings. The normalized spacial score (nSPS) is 9.80. The van der Waals surface area contributed by atoms with Crippen molar-refractivity contribution in [3.05, 3.63) is 24.0 Å². The summed E-state index contributed by atoms with van der Waals surface area (Å²) in [5.41, 5.74) is 1.01.